The number of halogens is 1. The van der Waals surface area contributed by atoms with Gasteiger partial charge < -0.3 is 15.2 Å². The van der Waals surface area contributed by atoms with Crippen LogP contribution in [0.4, 0.5) is 0 Å². The second-order valence-electron chi connectivity index (χ2n) is 4.57. The molecule has 0 aliphatic rings. The lowest BCUT2D eigenvalue weighted by atomic mass is 10.1. The van der Waals surface area contributed by atoms with Gasteiger partial charge in [0, 0.05) is 17.2 Å². The summed E-state index contributed by atoms with van der Waals surface area (Å²) in [6, 6.07) is 5.65. The minimum Gasteiger partial charge on any atom is -0.491 e. The van der Waals surface area contributed by atoms with Crippen molar-refractivity contribution in [1.82, 2.24) is 0 Å². The topological polar surface area (TPSA) is 44.5 Å². The lowest BCUT2D eigenvalue weighted by molar-refractivity contribution is 0.0816. The Bertz CT molecular complexity index is 356. The molecule has 2 N–H and O–H groups in total. The molecule has 1 aromatic rings. The SMILES string of the molecule is CC(C)COCCOc1cccc(Cl)c1CCN. The Morgan fingerprint density at radius 3 is 2.72 bits per heavy atom. The lowest BCUT2D eigenvalue weighted by Crippen LogP contribution is -2.12. The van der Waals surface area contributed by atoms with E-state index in [1.165, 1.54) is 0 Å². The second-order valence-corrected chi connectivity index (χ2v) is 4.98. The summed E-state index contributed by atoms with van der Waals surface area (Å²) in [7, 11) is 0. The van der Waals surface area contributed by atoms with E-state index in [1.54, 1.807) is 0 Å². The average molecular weight is 272 g/mol. The van der Waals surface area contributed by atoms with Crippen LogP contribution in [0.5, 0.6) is 5.75 Å². The summed E-state index contributed by atoms with van der Waals surface area (Å²) in [5.41, 5.74) is 6.55. The highest BCUT2D eigenvalue weighted by Gasteiger charge is 2.07. The molecule has 0 saturated carbocycles. The number of ether oxygens (including phenoxy) is 2. The summed E-state index contributed by atoms with van der Waals surface area (Å²) in [6.07, 6.45) is 0.724. The summed E-state index contributed by atoms with van der Waals surface area (Å²) >= 11 is 6.12. The molecule has 0 saturated heterocycles. The van der Waals surface area contributed by atoms with Gasteiger partial charge in [0.15, 0.2) is 0 Å². The first-order chi connectivity index (χ1) is 8.65. The fraction of sp³-hybridized carbons (Fsp3) is 0.571. The van der Waals surface area contributed by atoms with Gasteiger partial charge in [-0.3, -0.25) is 0 Å². The number of benzene rings is 1. The van der Waals surface area contributed by atoms with Crippen molar-refractivity contribution in [1.29, 1.82) is 0 Å². The largest absolute Gasteiger partial charge is 0.491 e. The summed E-state index contributed by atoms with van der Waals surface area (Å²) in [4.78, 5) is 0. The number of hydrogen-bond acceptors (Lipinski definition) is 3. The summed E-state index contributed by atoms with van der Waals surface area (Å²) < 4.78 is 11.2. The van der Waals surface area contributed by atoms with Gasteiger partial charge in [0.1, 0.15) is 12.4 Å². The number of rotatable bonds is 8. The van der Waals surface area contributed by atoms with Crippen LogP contribution in [0.1, 0.15) is 19.4 Å². The van der Waals surface area contributed by atoms with Crippen molar-refractivity contribution in [2.24, 2.45) is 11.7 Å². The Kier molecular flexibility index (Phi) is 7.09. The van der Waals surface area contributed by atoms with Gasteiger partial charge in [-0.15, -0.1) is 0 Å². The molecule has 0 aliphatic carbocycles. The Morgan fingerprint density at radius 1 is 1.28 bits per heavy atom. The van der Waals surface area contributed by atoms with E-state index in [9.17, 15) is 0 Å². The van der Waals surface area contributed by atoms with Crippen molar-refractivity contribution in [3.05, 3.63) is 28.8 Å². The first-order valence-corrected chi connectivity index (χ1v) is 6.71. The van der Waals surface area contributed by atoms with Crippen LogP contribution in [0.15, 0.2) is 18.2 Å². The lowest BCUT2D eigenvalue weighted by Gasteiger charge is -2.13. The van der Waals surface area contributed by atoms with Gasteiger partial charge in [-0.2, -0.15) is 0 Å². The molecule has 0 atom stereocenters. The molecule has 0 heterocycles. The fourth-order valence-corrected chi connectivity index (χ4v) is 1.85. The fourth-order valence-electron chi connectivity index (χ4n) is 1.59. The molecule has 0 fully saturated rings. The van der Waals surface area contributed by atoms with E-state index in [0.717, 1.165) is 24.3 Å². The molecule has 0 radical (unpaired) electrons. The average Bonchev–Trinajstić information content (AvgIpc) is 2.32. The maximum absolute atomic E-state index is 6.12. The van der Waals surface area contributed by atoms with Crippen molar-refractivity contribution in [3.8, 4) is 5.75 Å². The highest BCUT2D eigenvalue weighted by molar-refractivity contribution is 6.31. The molecule has 1 aromatic carbocycles. The number of hydrogen-bond donors (Lipinski definition) is 1. The third kappa shape index (κ3) is 5.25. The third-order valence-electron chi connectivity index (χ3n) is 2.41. The van der Waals surface area contributed by atoms with E-state index in [1.807, 2.05) is 18.2 Å². The van der Waals surface area contributed by atoms with Gasteiger partial charge >= 0.3 is 0 Å². The maximum atomic E-state index is 6.12. The first-order valence-electron chi connectivity index (χ1n) is 6.33. The van der Waals surface area contributed by atoms with Crippen LogP contribution in [0.2, 0.25) is 5.02 Å². The molecule has 0 amide bonds. The number of nitrogens with two attached hydrogens (primary N) is 1. The van der Waals surface area contributed by atoms with Crippen molar-refractivity contribution in [2.45, 2.75) is 20.3 Å². The van der Waals surface area contributed by atoms with Crippen LogP contribution in [0.25, 0.3) is 0 Å². The van der Waals surface area contributed by atoms with Crippen LogP contribution in [0, 0.1) is 5.92 Å². The minimum atomic E-state index is 0.532. The van der Waals surface area contributed by atoms with Gasteiger partial charge in [0.05, 0.1) is 6.61 Å². The van der Waals surface area contributed by atoms with Crippen LogP contribution < -0.4 is 10.5 Å². The molecule has 18 heavy (non-hydrogen) atoms. The first kappa shape index (κ1) is 15.3. The molecule has 0 spiro atoms. The van der Waals surface area contributed by atoms with Crippen molar-refractivity contribution in [3.63, 3.8) is 0 Å². The second kappa shape index (κ2) is 8.35. The molecule has 0 aliphatic heterocycles. The zero-order chi connectivity index (χ0) is 13.4. The zero-order valence-electron chi connectivity index (χ0n) is 11.1. The van der Waals surface area contributed by atoms with Gasteiger partial charge in [-0.05, 0) is 31.0 Å². The summed E-state index contributed by atoms with van der Waals surface area (Å²) in [5, 5.41) is 0.709. The van der Waals surface area contributed by atoms with E-state index >= 15 is 0 Å². The smallest absolute Gasteiger partial charge is 0.124 e. The van der Waals surface area contributed by atoms with Crippen molar-refractivity contribution >= 4 is 11.6 Å². The molecule has 0 aromatic heterocycles. The monoisotopic (exact) mass is 271 g/mol. The van der Waals surface area contributed by atoms with E-state index in [0.29, 0.717) is 30.7 Å². The highest BCUT2D eigenvalue weighted by atomic mass is 35.5. The normalized spacial score (nSPS) is 10.9. The molecular formula is C14H22ClNO2. The molecule has 3 nitrogen and oxygen atoms in total. The van der Waals surface area contributed by atoms with E-state index in [-0.39, 0.29) is 0 Å². The Hall–Kier alpha value is -0.770. The standard InChI is InChI=1S/C14H22ClNO2/c1-11(2)10-17-8-9-18-14-5-3-4-13(15)12(14)6-7-16/h3-5,11H,6-10,16H2,1-2H3. The van der Waals surface area contributed by atoms with Crippen LogP contribution in [-0.4, -0.2) is 26.4 Å². The van der Waals surface area contributed by atoms with Crippen molar-refractivity contribution < 1.29 is 9.47 Å². The predicted molar refractivity (Wildman–Crippen MR) is 75.4 cm³/mol. The van der Waals surface area contributed by atoms with E-state index in [2.05, 4.69) is 13.8 Å². The Morgan fingerprint density at radius 2 is 2.06 bits per heavy atom. The van der Waals surface area contributed by atoms with E-state index in [4.69, 9.17) is 26.8 Å². The Labute approximate surface area is 114 Å². The van der Waals surface area contributed by atoms with Gasteiger partial charge in [0.2, 0.25) is 0 Å². The van der Waals surface area contributed by atoms with Gasteiger partial charge in [-0.25, -0.2) is 0 Å². The quantitative estimate of drug-likeness (QED) is 0.740. The highest BCUT2D eigenvalue weighted by Crippen LogP contribution is 2.26. The molecule has 4 heteroatoms. The zero-order valence-corrected chi connectivity index (χ0v) is 11.9. The van der Waals surface area contributed by atoms with Crippen molar-refractivity contribution in [2.75, 3.05) is 26.4 Å². The molecule has 0 unspecified atom stereocenters. The maximum Gasteiger partial charge on any atom is 0.124 e. The van der Waals surface area contributed by atoms with E-state index < -0.39 is 0 Å². The predicted octanol–water partition coefficient (Wildman–Crippen LogP) is 2.89. The third-order valence-corrected chi connectivity index (χ3v) is 2.76. The van der Waals surface area contributed by atoms with Crippen LogP contribution in [0.3, 0.4) is 0 Å². The summed E-state index contributed by atoms with van der Waals surface area (Å²) in [6.45, 7) is 6.68. The molecular weight excluding hydrogens is 250 g/mol. The Balaban J connectivity index is 2.44. The van der Waals surface area contributed by atoms with Crippen LogP contribution >= 0.6 is 11.6 Å². The van der Waals surface area contributed by atoms with Gasteiger partial charge in [-0.1, -0.05) is 31.5 Å². The minimum absolute atomic E-state index is 0.532. The molecule has 1 rings (SSSR count). The molecule has 0 bridgehead atoms. The summed E-state index contributed by atoms with van der Waals surface area (Å²) in [5.74, 6) is 1.35. The van der Waals surface area contributed by atoms with Gasteiger partial charge in [0.25, 0.3) is 0 Å². The molecule has 102 valence electrons. The van der Waals surface area contributed by atoms with Crippen LogP contribution in [-0.2, 0) is 11.2 Å².